The Hall–Kier alpha value is -2.83. The van der Waals surface area contributed by atoms with E-state index in [9.17, 15) is 9.59 Å². The van der Waals surface area contributed by atoms with Gasteiger partial charge in [0.25, 0.3) is 0 Å². The van der Waals surface area contributed by atoms with E-state index < -0.39 is 11.7 Å². The van der Waals surface area contributed by atoms with E-state index in [-0.39, 0.29) is 5.91 Å². The summed E-state index contributed by atoms with van der Waals surface area (Å²) in [5.74, 6) is 0.00453. The zero-order chi connectivity index (χ0) is 21.4. The highest BCUT2D eigenvalue weighted by Gasteiger charge is 2.15. The van der Waals surface area contributed by atoms with Crippen LogP contribution < -0.4 is 10.6 Å². The van der Waals surface area contributed by atoms with Crippen LogP contribution in [-0.2, 0) is 16.0 Å². The number of nitrogens with one attached hydrogen (secondary N) is 2. The molecule has 1 heterocycles. The molecule has 0 aliphatic heterocycles. The smallest absolute Gasteiger partial charge is 0.407 e. The van der Waals surface area contributed by atoms with Crippen molar-refractivity contribution in [1.82, 2.24) is 20.4 Å². The highest BCUT2D eigenvalue weighted by atomic mass is 16.6. The average Bonchev–Trinajstić information content (AvgIpc) is 2.97. The molecule has 0 aliphatic rings. The van der Waals surface area contributed by atoms with Crippen LogP contribution in [0.1, 0.15) is 50.6 Å². The van der Waals surface area contributed by atoms with Crippen LogP contribution in [0.5, 0.6) is 0 Å². The lowest BCUT2D eigenvalue weighted by Gasteiger charge is -2.19. The number of aryl methyl sites for hydroxylation is 3. The van der Waals surface area contributed by atoms with Gasteiger partial charge in [0.2, 0.25) is 5.91 Å². The van der Waals surface area contributed by atoms with Crippen LogP contribution in [0.3, 0.4) is 0 Å². The van der Waals surface area contributed by atoms with Gasteiger partial charge >= 0.3 is 6.09 Å². The van der Waals surface area contributed by atoms with Gasteiger partial charge in [0, 0.05) is 25.2 Å². The van der Waals surface area contributed by atoms with E-state index >= 15 is 0 Å². The SMILES string of the molecule is Cc1cc(C)n(-c2ccc(CCC(=O)NCCCNC(=O)OC(C)(C)C)cc2)n1. The molecular weight excluding hydrogens is 368 g/mol. The molecular formula is C22H32N4O3. The minimum Gasteiger partial charge on any atom is -0.444 e. The quantitative estimate of drug-likeness (QED) is 0.665. The number of nitrogens with zero attached hydrogens (tertiary/aromatic N) is 2. The van der Waals surface area contributed by atoms with Crippen molar-refractivity contribution >= 4 is 12.0 Å². The van der Waals surface area contributed by atoms with Crippen LogP contribution in [-0.4, -0.2) is 40.5 Å². The van der Waals surface area contributed by atoms with E-state index in [4.69, 9.17) is 4.74 Å². The molecule has 2 rings (SSSR count). The first-order valence-electron chi connectivity index (χ1n) is 10.0. The molecule has 0 spiro atoms. The standard InChI is InChI=1S/C22H32N4O3/c1-16-15-17(2)26(25-16)19-10-7-18(8-11-19)9-12-20(27)23-13-6-14-24-21(28)29-22(3,4)5/h7-8,10-11,15H,6,9,12-14H2,1-5H3,(H,23,27)(H,24,28). The first-order valence-corrected chi connectivity index (χ1v) is 10.0. The summed E-state index contributed by atoms with van der Waals surface area (Å²) in [5, 5.41) is 10.0. The van der Waals surface area contributed by atoms with Crippen LogP contribution in [0, 0.1) is 13.8 Å². The summed E-state index contributed by atoms with van der Waals surface area (Å²) >= 11 is 0. The monoisotopic (exact) mass is 400 g/mol. The lowest BCUT2D eigenvalue weighted by molar-refractivity contribution is -0.121. The van der Waals surface area contributed by atoms with Gasteiger partial charge in [-0.1, -0.05) is 12.1 Å². The minimum atomic E-state index is -0.507. The van der Waals surface area contributed by atoms with E-state index in [2.05, 4.69) is 15.7 Å². The third kappa shape index (κ3) is 7.97. The molecule has 0 aliphatic carbocycles. The molecule has 2 amide bonds. The Morgan fingerprint density at radius 2 is 1.72 bits per heavy atom. The van der Waals surface area contributed by atoms with Gasteiger partial charge in [0.05, 0.1) is 11.4 Å². The molecule has 1 aromatic carbocycles. The summed E-state index contributed by atoms with van der Waals surface area (Å²) in [6, 6.07) is 10.2. The van der Waals surface area contributed by atoms with Crippen molar-refractivity contribution in [3.8, 4) is 5.69 Å². The molecule has 7 nitrogen and oxygen atoms in total. The Bertz CT molecular complexity index is 820. The molecule has 158 valence electrons. The van der Waals surface area contributed by atoms with Gasteiger partial charge in [0.15, 0.2) is 0 Å². The van der Waals surface area contributed by atoms with Crippen LogP contribution in [0.2, 0.25) is 0 Å². The number of hydrogen-bond donors (Lipinski definition) is 2. The number of carbonyl (C=O) groups excluding carboxylic acids is 2. The second-order valence-electron chi connectivity index (χ2n) is 8.14. The van der Waals surface area contributed by atoms with Gasteiger partial charge in [-0.2, -0.15) is 5.10 Å². The molecule has 2 aromatic rings. The lowest BCUT2D eigenvalue weighted by atomic mass is 10.1. The summed E-state index contributed by atoms with van der Waals surface area (Å²) in [6.07, 6.45) is 1.33. The van der Waals surface area contributed by atoms with E-state index in [0.29, 0.717) is 32.4 Å². The van der Waals surface area contributed by atoms with Crippen LogP contribution in [0.15, 0.2) is 30.3 Å². The van der Waals surface area contributed by atoms with Gasteiger partial charge < -0.3 is 15.4 Å². The zero-order valence-electron chi connectivity index (χ0n) is 18.0. The molecule has 0 saturated carbocycles. The number of benzene rings is 1. The van der Waals surface area contributed by atoms with E-state index in [1.54, 1.807) is 0 Å². The topological polar surface area (TPSA) is 85.2 Å². The maximum absolute atomic E-state index is 12.0. The Balaban J connectivity index is 1.65. The van der Waals surface area contributed by atoms with Gasteiger partial charge in [0.1, 0.15) is 5.60 Å². The maximum Gasteiger partial charge on any atom is 0.407 e. The lowest BCUT2D eigenvalue weighted by Crippen LogP contribution is -2.34. The van der Waals surface area contributed by atoms with Gasteiger partial charge in [-0.05, 0) is 71.2 Å². The predicted octanol–water partition coefficient (Wildman–Crippen LogP) is 3.45. The first-order chi connectivity index (χ1) is 13.6. The normalized spacial score (nSPS) is 11.2. The summed E-state index contributed by atoms with van der Waals surface area (Å²) in [7, 11) is 0. The largest absolute Gasteiger partial charge is 0.444 e. The molecule has 7 heteroatoms. The van der Waals surface area contributed by atoms with Crippen molar-refractivity contribution < 1.29 is 14.3 Å². The highest BCUT2D eigenvalue weighted by molar-refractivity contribution is 5.76. The summed E-state index contributed by atoms with van der Waals surface area (Å²) in [6.45, 7) is 10.4. The summed E-state index contributed by atoms with van der Waals surface area (Å²) in [4.78, 5) is 23.5. The number of amides is 2. The zero-order valence-corrected chi connectivity index (χ0v) is 18.0. The molecule has 2 N–H and O–H groups in total. The fourth-order valence-corrected chi connectivity index (χ4v) is 2.86. The highest BCUT2D eigenvalue weighted by Crippen LogP contribution is 2.14. The molecule has 0 atom stereocenters. The molecule has 0 saturated heterocycles. The number of rotatable bonds is 8. The number of alkyl carbamates (subject to hydrolysis) is 1. The molecule has 0 fully saturated rings. The Morgan fingerprint density at radius 3 is 2.31 bits per heavy atom. The number of aromatic nitrogens is 2. The van der Waals surface area contributed by atoms with Crippen molar-refractivity contribution in [2.45, 2.75) is 59.5 Å². The molecule has 0 unspecified atom stereocenters. The second kappa shape index (κ2) is 10.1. The van der Waals surface area contributed by atoms with E-state index in [1.165, 1.54) is 0 Å². The number of carbonyl (C=O) groups is 2. The third-order valence-electron chi connectivity index (χ3n) is 4.18. The number of hydrogen-bond acceptors (Lipinski definition) is 4. The fourth-order valence-electron chi connectivity index (χ4n) is 2.86. The van der Waals surface area contributed by atoms with Crippen molar-refractivity contribution in [3.63, 3.8) is 0 Å². The fraction of sp³-hybridized carbons (Fsp3) is 0.500. The Morgan fingerprint density at radius 1 is 1.07 bits per heavy atom. The van der Waals surface area contributed by atoms with E-state index in [1.807, 2.05) is 69.6 Å². The van der Waals surface area contributed by atoms with Crippen LogP contribution in [0.4, 0.5) is 4.79 Å². The van der Waals surface area contributed by atoms with E-state index in [0.717, 1.165) is 22.6 Å². The number of ether oxygens (including phenoxy) is 1. The van der Waals surface area contributed by atoms with Crippen molar-refractivity contribution in [2.24, 2.45) is 0 Å². The Labute approximate surface area is 172 Å². The molecule has 29 heavy (non-hydrogen) atoms. The van der Waals surface area contributed by atoms with Gasteiger partial charge in [-0.25, -0.2) is 9.48 Å². The summed E-state index contributed by atoms with van der Waals surface area (Å²) in [5.41, 5.74) is 3.70. The Kier molecular flexibility index (Phi) is 7.82. The van der Waals surface area contributed by atoms with Crippen molar-refractivity contribution in [1.29, 1.82) is 0 Å². The molecule has 0 radical (unpaired) electrons. The second-order valence-corrected chi connectivity index (χ2v) is 8.14. The van der Waals surface area contributed by atoms with Gasteiger partial charge in [-0.3, -0.25) is 4.79 Å². The average molecular weight is 401 g/mol. The molecule has 1 aromatic heterocycles. The minimum absolute atomic E-state index is 0.00453. The van der Waals surface area contributed by atoms with Crippen molar-refractivity contribution in [3.05, 3.63) is 47.3 Å². The van der Waals surface area contributed by atoms with Crippen LogP contribution >= 0.6 is 0 Å². The molecule has 0 bridgehead atoms. The van der Waals surface area contributed by atoms with Crippen LogP contribution in [0.25, 0.3) is 5.69 Å². The van der Waals surface area contributed by atoms with Gasteiger partial charge in [-0.15, -0.1) is 0 Å². The van der Waals surface area contributed by atoms with Crippen molar-refractivity contribution in [2.75, 3.05) is 13.1 Å². The third-order valence-corrected chi connectivity index (χ3v) is 4.18. The first kappa shape index (κ1) is 22.5. The summed E-state index contributed by atoms with van der Waals surface area (Å²) < 4.78 is 7.07. The predicted molar refractivity (Wildman–Crippen MR) is 113 cm³/mol. The maximum atomic E-state index is 12.0.